The number of amides is 1. The first-order chi connectivity index (χ1) is 16.8. The van der Waals surface area contributed by atoms with Gasteiger partial charge in [0, 0.05) is 50.8 Å². The van der Waals surface area contributed by atoms with Crippen LogP contribution in [0.4, 0.5) is 5.69 Å². The van der Waals surface area contributed by atoms with Crippen LogP contribution in [-0.2, 0) is 17.0 Å². The molecule has 0 unspecified atom stereocenters. The van der Waals surface area contributed by atoms with Crippen LogP contribution in [0, 0.1) is 15.5 Å². The summed E-state index contributed by atoms with van der Waals surface area (Å²) in [5.41, 5.74) is 0.545. The van der Waals surface area contributed by atoms with Crippen molar-refractivity contribution in [2.45, 2.75) is 25.1 Å². The first-order valence-corrected chi connectivity index (χ1v) is 11.9. The van der Waals surface area contributed by atoms with Gasteiger partial charge in [-0.25, -0.2) is 0 Å². The molecule has 0 bridgehead atoms. The summed E-state index contributed by atoms with van der Waals surface area (Å²) in [6.45, 7) is 0.326. The molecule has 1 aliphatic carbocycles. The number of halogens is 2. The van der Waals surface area contributed by atoms with Crippen molar-refractivity contribution in [1.82, 2.24) is 4.90 Å². The molecule has 1 aliphatic heterocycles. The second-order valence-corrected chi connectivity index (χ2v) is 9.92. The number of hydrogen-bond donors (Lipinski definition) is 1. The third-order valence-electron chi connectivity index (χ3n) is 6.81. The molecule has 9 heteroatoms. The fourth-order valence-corrected chi connectivity index (χ4v) is 4.98. The molecule has 0 spiro atoms. The highest BCUT2D eigenvalue weighted by Crippen LogP contribution is 2.52. The molecule has 5 rings (SSSR count). The molecule has 3 aromatic rings. The van der Waals surface area contributed by atoms with E-state index in [1.54, 1.807) is 59.5 Å². The standard InChI is InChI=1S/C26H22Cl2N2O5/c27-19-8-6-18(7-9-19)26(35-16-25(15-31)12-13-25)23-21(2-1-3-22(23)28)24(32)29(26)14-17-4-10-20(11-5-17)30(33)34/h1-11,31H,12-16H2/t26-/m1/s1. The number of benzene rings is 3. The molecule has 35 heavy (non-hydrogen) atoms. The van der Waals surface area contributed by atoms with Gasteiger partial charge in [0.1, 0.15) is 0 Å². The van der Waals surface area contributed by atoms with Crippen molar-refractivity contribution in [3.8, 4) is 0 Å². The number of aliphatic hydroxyl groups is 1. The first-order valence-electron chi connectivity index (χ1n) is 11.1. The van der Waals surface area contributed by atoms with Crippen LogP contribution < -0.4 is 0 Å². The van der Waals surface area contributed by atoms with Gasteiger partial charge in [0.2, 0.25) is 0 Å². The van der Waals surface area contributed by atoms with Crippen LogP contribution in [0.3, 0.4) is 0 Å². The van der Waals surface area contributed by atoms with E-state index in [2.05, 4.69) is 0 Å². The largest absolute Gasteiger partial charge is 0.396 e. The Balaban J connectivity index is 1.66. The lowest BCUT2D eigenvalue weighted by Crippen LogP contribution is -2.47. The number of non-ortho nitro benzene ring substituents is 1. The molecule has 1 heterocycles. The summed E-state index contributed by atoms with van der Waals surface area (Å²) in [5, 5.41) is 21.9. The third-order valence-corrected chi connectivity index (χ3v) is 7.38. The summed E-state index contributed by atoms with van der Waals surface area (Å²) in [5.74, 6) is -0.273. The van der Waals surface area contributed by atoms with Crippen LogP contribution in [0.15, 0.2) is 66.7 Å². The van der Waals surface area contributed by atoms with Gasteiger partial charge in [-0.1, -0.05) is 53.5 Å². The van der Waals surface area contributed by atoms with Crippen LogP contribution in [-0.4, -0.2) is 34.1 Å². The topological polar surface area (TPSA) is 92.9 Å². The molecule has 3 aromatic carbocycles. The van der Waals surface area contributed by atoms with Crippen molar-refractivity contribution in [2.24, 2.45) is 5.41 Å². The SMILES string of the molecule is O=C1c2cccc(Cl)c2[C@](OCC2(CO)CC2)(c2ccc(Cl)cc2)N1Cc1ccc([N+](=O)[O-])cc1. The Bertz CT molecular complexity index is 1290. The van der Waals surface area contributed by atoms with Gasteiger partial charge >= 0.3 is 0 Å². The van der Waals surface area contributed by atoms with Crippen molar-refractivity contribution in [2.75, 3.05) is 13.2 Å². The van der Waals surface area contributed by atoms with E-state index in [-0.39, 0.29) is 36.8 Å². The quantitative estimate of drug-likeness (QED) is 0.315. The monoisotopic (exact) mass is 512 g/mol. The van der Waals surface area contributed by atoms with Gasteiger partial charge in [0.25, 0.3) is 11.6 Å². The van der Waals surface area contributed by atoms with Crippen LogP contribution in [0.5, 0.6) is 0 Å². The van der Waals surface area contributed by atoms with E-state index in [1.165, 1.54) is 12.1 Å². The molecular formula is C26H22Cl2N2O5. The van der Waals surface area contributed by atoms with Crippen LogP contribution in [0.25, 0.3) is 0 Å². The van der Waals surface area contributed by atoms with Gasteiger partial charge in [-0.2, -0.15) is 0 Å². The minimum atomic E-state index is -1.37. The van der Waals surface area contributed by atoms with Gasteiger partial charge in [-0.15, -0.1) is 0 Å². The summed E-state index contributed by atoms with van der Waals surface area (Å²) in [4.78, 5) is 26.0. The van der Waals surface area contributed by atoms with Crippen LogP contribution >= 0.6 is 23.2 Å². The lowest BCUT2D eigenvalue weighted by atomic mass is 9.92. The third kappa shape index (κ3) is 4.08. The molecule has 1 atom stereocenters. The predicted molar refractivity (Wildman–Crippen MR) is 131 cm³/mol. The average Bonchev–Trinajstić information content (AvgIpc) is 3.60. The Morgan fingerprint density at radius 3 is 2.31 bits per heavy atom. The fraction of sp³-hybridized carbons (Fsp3) is 0.269. The van der Waals surface area contributed by atoms with E-state index >= 15 is 0 Å². The zero-order chi connectivity index (χ0) is 24.8. The van der Waals surface area contributed by atoms with Crippen molar-refractivity contribution < 1.29 is 19.6 Å². The lowest BCUT2D eigenvalue weighted by Gasteiger charge is -2.40. The highest BCUT2D eigenvalue weighted by Gasteiger charge is 2.55. The maximum absolute atomic E-state index is 13.8. The summed E-state index contributed by atoms with van der Waals surface area (Å²) < 4.78 is 6.67. The molecule has 7 nitrogen and oxygen atoms in total. The maximum atomic E-state index is 13.8. The molecule has 0 saturated heterocycles. The van der Waals surface area contributed by atoms with Crippen molar-refractivity contribution in [1.29, 1.82) is 0 Å². The summed E-state index contributed by atoms with van der Waals surface area (Å²) in [7, 11) is 0. The molecule has 2 aliphatic rings. The van der Waals surface area contributed by atoms with E-state index in [0.29, 0.717) is 32.3 Å². The van der Waals surface area contributed by atoms with E-state index in [4.69, 9.17) is 27.9 Å². The normalized spacial score (nSPS) is 20.1. The Morgan fingerprint density at radius 2 is 1.71 bits per heavy atom. The van der Waals surface area contributed by atoms with E-state index in [1.807, 2.05) is 0 Å². The molecule has 180 valence electrons. The smallest absolute Gasteiger partial charge is 0.269 e. The Labute approximate surface area is 212 Å². The molecule has 1 amide bonds. The van der Waals surface area contributed by atoms with Gasteiger partial charge in [0.05, 0.1) is 18.1 Å². The van der Waals surface area contributed by atoms with Gasteiger partial charge < -0.3 is 9.84 Å². The van der Waals surface area contributed by atoms with Crippen LogP contribution in [0.1, 0.15) is 39.9 Å². The second-order valence-electron chi connectivity index (χ2n) is 9.07. The van der Waals surface area contributed by atoms with Crippen molar-refractivity contribution in [3.63, 3.8) is 0 Å². The molecule has 1 saturated carbocycles. The lowest BCUT2D eigenvalue weighted by molar-refractivity contribution is -0.384. The van der Waals surface area contributed by atoms with E-state index < -0.39 is 10.6 Å². The zero-order valence-corrected chi connectivity index (χ0v) is 20.1. The molecule has 0 aromatic heterocycles. The van der Waals surface area contributed by atoms with E-state index in [0.717, 1.165) is 12.8 Å². The number of carbonyl (C=O) groups is 1. The van der Waals surface area contributed by atoms with Gasteiger partial charge in [-0.3, -0.25) is 19.8 Å². The summed E-state index contributed by atoms with van der Waals surface area (Å²) in [6.07, 6.45) is 1.65. The Hall–Kier alpha value is -2.97. The Kier molecular flexibility index (Phi) is 6.05. The molecular weight excluding hydrogens is 491 g/mol. The number of aliphatic hydroxyl groups excluding tert-OH is 1. The fourth-order valence-electron chi connectivity index (χ4n) is 4.55. The highest BCUT2D eigenvalue weighted by atomic mass is 35.5. The number of nitro benzene ring substituents is 1. The minimum Gasteiger partial charge on any atom is -0.396 e. The number of carbonyl (C=O) groups excluding carboxylic acids is 1. The zero-order valence-electron chi connectivity index (χ0n) is 18.6. The van der Waals surface area contributed by atoms with Gasteiger partial charge in [-0.05, 0) is 42.7 Å². The maximum Gasteiger partial charge on any atom is 0.269 e. The molecule has 0 radical (unpaired) electrons. The second kappa shape index (κ2) is 8.91. The Morgan fingerprint density at radius 1 is 1.03 bits per heavy atom. The number of ether oxygens (including phenoxy) is 1. The predicted octanol–water partition coefficient (Wildman–Crippen LogP) is 5.55. The summed E-state index contributed by atoms with van der Waals surface area (Å²) in [6, 6.07) is 18.3. The number of hydrogen-bond acceptors (Lipinski definition) is 5. The minimum absolute atomic E-state index is 0.0185. The van der Waals surface area contributed by atoms with Crippen molar-refractivity contribution in [3.05, 3.63) is 109 Å². The summed E-state index contributed by atoms with van der Waals surface area (Å²) >= 11 is 12.9. The highest BCUT2D eigenvalue weighted by molar-refractivity contribution is 6.32. The van der Waals surface area contributed by atoms with E-state index in [9.17, 15) is 20.0 Å². The van der Waals surface area contributed by atoms with Gasteiger partial charge in [0.15, 0.2) is 5.72 Å². The van der Waals surface area contributed by atoms with Crippen LogP contribution in [0.2, 0.25) is 10.0 Å². The average molecular weight is 513 g/mol. The number of nitro groups is 1. The number of fused-ring (bicyclic) bond motifs is 1. The van der Waals surface area contributed by atoms with Crippen molar-refractivity contribution >= 4 is 34.8 Å². The molecule has 1 fully saturated rings. The number of nitrogens with zero attached hydrogens (tertiary/aromatic N) is 2. The molecule has 1 N–H and O–H groups in total. The number of rotatable bonds is 8. The first kappa shape index (κ1) is 23.8.